The summed E-state index contributed by atoms with van der Waals surface area (Å²) in [6.45, 7) is 0. The molecule has 2 unspecified atom stereocenters. The van der Waals surface area contributed by atoms with Crippen LogP contribution >= 0.6 is 0 Å². The highest BCUT2D eigenvalue weighted by atomic mass is 16.6. The van der Waals surface area contributed by atoms with Gasteiger partial charge in [-0.05, 0) is 12.7 Å². The Labute approximate surface area is 72.5 Å². The molecule has 11 heavy (non-hydrogen) atoms. The van der Waals surface area contributed by atoms with E-state index in [0.29, 0.717) is 0 Å². The molecule has 3 nitrogen and oxygen atoms in total. The SMILES string of the molecule is [2H]C1=C([2H])C([2H])([2H])C2C(=O)OC(=O)C2C1([2H])[2H]. The molecular formula is C8H8O3. The van der Waals surface area contributed by atoms with Crippen LogP contribution in [0.3, 0.4) is 0 Å². The van der Waals surface area contributed by atoms with Gasteiger partial charge in [0.1, 0.15) is 0 Å². The Bertz CT molecular complexity index is 414. The maximum atomic E-state index is 11.4. The van der Waals surface area contributed by atoms with Crippen molar-refractivity contribution in [2.24, 2.45) is 11.8 Å². The van der Waals surface area contributed by atoms with Crippen molar-refractivity contribution in [2.75, 3.05) is 0 Å². The van der Waals surface area contributed by atoms with Crippen LogP contribution in [-0.2, 0) is 14.3 Å². The molecule has 58 valence electrons. The molecule has 1 saturated heterocycles. The molecular weight excluding hydrogens is 144 g/mol. The number of allylic oxidation sites excluding steroid dienone is 2. The van der Waals surface area contributed by atoms with Crippen LogP contribution in [0.1, 0.15) is 21.0 Å². The topological polar surface area (TPSA) is 43.4 Å². The van der Waals surface area contributed by atoms with E-state index in [1.54, 1.807) is 0 Å². The highest BCUT2D eigenvalue weighted by molar-refractivity contribution is 5.96. The molecule has 1 fully saturated rings. The highest BCUT2D eigenvalue weighted by Gasteiger charge is 2.43. The molecule has 0 N–H and O–H groups in total. The van der Waals surface area contributed by atoms with Crippen molar-refractivity contribution in [3.63, 3.8) is 0 Å². The maximum Gasteiger partial charge on any atom is 0.317 e. The molecule has 0 amide bonds. The molecule has 1 aliphatic heterocycles. The van der Waals surface area contributed by atoms with Crippen LogP contribution in [0.4, 0.5) is 0 Å². The number of cyclic esters (lactones) is 2. The molecule has 0 saturated carbocycles. The number of hydrogen-bond donors (Lipinski definition) is 0. The van der Waals surface area contributed by atoms with E-state index in [-0.39, 0.29) is 0 Å². The van der Waals surface area contributed by atoms with Gasteiger partial charge in [0.2, 0.25) is 0 Å². The van der Waals surface area contributed by atoms with Gasteiger partial charge in [0.05, 0.1) is 14.6 Å². The summed E-state index contributed by atoms with van der Waals surface area (Å²) in [6.07, 6.45) is -5.12. The van der Waals surface area contributed by atoms with Crippen molar-refractivity contribution >= 4 is 11.9 Å². The molecule has 0 aromatic heterocycles. The average Bonchev–Trinajstić information content (AvgIpc) is 2.50. The van der Waals surface area contributed by atoms with E-state index in [0.717, 1.165) is 0 Å². The van der Waals surface area contributed by atoms with Gasteiger partial charge in [0.15, 0.2) is 0 Å². The summed E-state index contributed by atoms with van der Waals surface area (Å²) in [6, 6.07) is -1.84. The van der Waals surface area contributed by atoms with Crippen LogP contribution in [0.5, 0.6) is 0 Å². The molecule has 1 heterocycles. The third-order valence-corrected chi connectivity index (χ3v) is 1.56. The lowest BCUT2D eigenvalue weighted by Crippen LogP contribution is -2.18. The van der Waals surface area contributed by atoms with E-state index < -0.39 is 48.6 Å². The monoisotopic (exact) mass is 158 g/mol. The van der Waals surface area contributed by atoms with Crippen molar-refractivity contribution in [2.45, 2.75) is 12.7 Å². The van der Waals surface area contributed by atoms with E-state index in [4.69, 9.17) is 8.22 Å². The predicted molar refractivity (Wildman–Crippen MR) is 36.5 cm³/mol. The molecule has 0 radical (unpaired) electrons. The molecule has 0 bridgehead atoms. The fourth-order valence-electron chi connectivity index (χ4n) is 1.01. The standard InChI is InChI=1S/C8H8O3/c9-7-5-3-1-2-4-6(5)8(10)11-7/h1-2,5-6H,3-4H2/i1D,2D,3D2,4D2. The van der Waals surface area contributed by atoms with Crippen molar-refractivity contribution in [3.8, 4) is 0 Å². The Morgan fingerprint density at radius 2 is 1.82 bits per heavy atom. The van der Waals surface area contributed by atoms with Crippen molar-refractivity contribution in [1.29, 1.82) is 0 Å². The van der Waals surface area contributed by atoms with Crippen LogP contribution in [0, 0.1) is 11.8 Å². The van der Waals surface area contributed by atoms with Crippen molar-refractivity contribution < 1.29 is 22.6 Å². The highest BCUT2D eigenvalue weighted by Crippen LogP contribution is 2.32. The van der Waals surface area contributed by atoms with Crippen LogP contribution in [0.2, 0.25) is 0 Å². The lowest BCUT2D eigenvalue weighted by Gasteiger charge is -2.12. The summed E-state index contributed by atoms with van der Waals surface area (Å²) >= 11 is 0. The van der Waals surface area contributed by atoms with Gasteiger partial charge in [-0.3, -0.25) is 9.59 Å². The third kappa shape index (κ3) is 0.878. The molecule has 1 aliphatic carbocycles. The Morgan fingerprint density at radius 1 is 1.36 bits per heavy atom. The van der Waals surface area contributed by atoms with Gasteiger partial charge in [0, 0.05) is 5.48 Å². The van der Waals surface area contributed by atoms with Gasteiger partial charge in [0.25, 0.3) is 0 Å². The van der Waals surface area contributed by atoms with Crippen LogP contribution in [0.25, 0.3) is 0 Å². The zero-order valence-corrected chi connectivity index (χ0v) is 5.38. The summed E-state index contributed by atoms with van der Waals surface area (Å²) in [7, 11) is 0. The summed E-state index contributed by atoms with van der Waals surface area (Å²) in [5.74, 6) is -5.73. The number of hydrogen-bond acceptors (Lipinski definition) is 3. The zero-order valence-electron chi connectivity index (χ0n) is 11.4. The fraction of sp³-hybridized carbons (Fsp3) is 0.500. The molecule has 2 aliphatic rings. The van der Waals surface area contributed by atoms with E-state index in [1.165, 1.54) is 0 Å². The number of ether oxygens (including phenoxy) is 1. The Kier molecular flexibility index (Phi) is 0.544. The Morgan fingerprint density at radius 3 is 2.27 bits per heavy atom. The van der Waals surface area contributed by atoms with Gasteiger partial charge in [-0.1, -0.05) is 12.1 Å². The van der Waals surface area contributed by atoms with Crippen molar-refractivity contribution in [3.05, 3.63) is 12.1 Å². The molecule has 0 aromatic rings. The lowest BCUT2D eigenvalue weighted by molar-refractivity contribution is -0.153. The fourth-order valence-corrected chi connectivity index (χ4v) is 1.01. The van der Waals surface area contributed by atoms with E-state index in [1.807, 2.05) is 0 Å². The summed E-state index contributed by atoms with van der Waals surface area (Å²) < 4.78 is 49.3. The zero-order chi connectivity index (χ0) is 13.2. The number of esters is 2. The second-order valence-electron chi connectivity index (χ2n) is 2.23. The van der Waals surface area contributed by atoms with Crippen LogP contribution < -0.4 is 0 Å². The maximum absolute atomic E-state index is 11.4. The minimum Gasteiger partial charge on any atom is -0.393 e. The lowest BCUT2D eigenvalue weighted by atomic mass is 9.85. The largest absolute Gasteiger partial charge is 0.393 e. The minimum absolute atomic E-state index is 0.921. The van der Waals surface area contributed by atoms with E-state index in [9.17, 15) is 9.59 Å². The number of carbonyl (C=O) groups excluding carboxylic acids is 2. The Balaban J connectivity index is 2.69. The summed E-state index contributed by atoms with van der Waals surface area (Å²) in [5, 5.41) is 0. The van der Waals surface area contributed by atoms with Gasteiger partial charge < -0.3 is 4.74 Å². The number of carbonyl (C=O) groups is 2. The molecule has 2 atom stereocenters. The molecule has 3 heteroatoms. The number of fused-ring (bicyclic) bond motifs is 1. The predicted octanol–water partition coefficient (Wildman–Crippen LogP) is 0.652. The van der Waals surface area contributed by atoms with Gasteiger partial charge in [-0.25, -0.2) is 0 Å². The van der Waals surface area contributed by atoms with E-state index in [2.05, 4.69) is 4.74 Å². The van der Waals surface area contributed by atoms with Crippen LogP contribution in [0.15, 0.2) is 12.1 Å². The summed E-state index contributed by atoms with van der Waals surface area (Å²) in [5.41, 5.74) is 0. The van der Waals surface area contributed by atoms with Crippen molar-refractivity contribution in [1.82, 2.24) is 0 Å². The molecule has 0 aromatic carbocycles. The third-order valence-electron chi connectivity index (χ3n) is 1.56. The first-order valence-corrected chi connectivity index (χ1v) is 3.05. The first kappa shape index (κ1) is 2.73. The Hall–Kier alpha value is -1.12. The van der Waals surface area contributed by atoms with E-state index >= 15 is 0 Å². The first-order chi connectivity index (χ1) is 7.61. The summed E-state index contributed by atoms with van der Waals surface area (Å²) in [4.78, 5) is 22.7. The first-order valence-electron chi connectivity index (χ1n) is 6.05. The number of rotatable bonds is 0. The van der Waals surface area contributed by atoms with Gasteiger partial charge >= 0.3 is 11.9 Å². The average molecular weight is 158 g/mol. The second kappa shape index (κ2) is 2.19. The van der Waals surface area contributed by atoms with Gasteiger partial charge in [-0.15, -0.1) is 0 Å². The van der Waals surface area contributed by atoms with Crippen LogP contribution in [-0.4, -0.2) is 11.9 Å². The smallest absolute Gasteiger partial charge is 0.317 e. The normalized spacial score (nSPS) is 54.2. The molecule has 2 rings (SSSR count). The molecule has 0 spiro atoms. The van der Waals surface area contributed by atoms with Gasteiger partial charge in [-0.2, -0.15) is 0 Å². The second-order valence-corrected chi connectivity index (χ2v) is 2.23. The minimum atomic E-state index is -2.56. The quantitative estimate of drug-likeness (QED) is 0.295.